The Labute approximate surface area is 185 Å². The summed E-state index contributed by atoms with van der Waals surface area (Å²) in [4.78, 5) is 11.7. The molecular formula is C23H19NO6S2. The number of hydrogen-bond acceptors (Lipinski definition) is 6. The van der Waals surface area contributed by atoms with E-state index in [2.05, 4.69) is 0 Å². The highest BCUT2D eigenvalue weighted by molar-refractivity contribution is 7.94. The van der Waals surface area contributed by atoms with Gasteiger partial charge in [0.15, 0.2) is 15.6 Å². The molecule has 164 valence electrons. The first-order chi connectivity index (χ1) is 15.1. The van der Waals surface area contributed by atoms with Gasteiger partial charge in [-0.3, -0.25) is 4.79 Å². The molecule has 0 amide bonds. The van der Waals surface area contributed by atoms with Gasteiger partial charge in [-0.1, -0.05) is 42.5 Å². The van der Waals surface area contributed by atoms with Crippen LogP contribution in [0.25, 0.3) is 22.3 Å². The van der Waals surface area contributed by atoms with Crippen molar-refractivity contribution in [3.8, 4) is 11.3 Å². The monoisotopic (exact) mass is 469 g/mol. The fourth-order valence-corrected chi connectivity index (χ4v) is 6.18. The summed E-state index contributed by atoms with van der Waals surface area (Å²) in [5.41, 5.74) is 2.44. The average molecular weight is 470 g/mol. The molecule has 0 saturated carbocycles. The van der Waals surface area contributed by atoms with Crippen LogP contribution >= 0.6 is 0 Å². The van der Waals surface area contributed by atoms with Gasteiger partial charge in [0.1, 0.15) is 22.0 Å². The van der Waals surface area contributed by atoms with Crippen LogP contribution in [-0.2, 0) is 19.9 Å². The van der Waals surface area contributed by atoms with Gasteiger partial charge in [0.25, 0.3) is 0 Å². The summed E-state index contributed by atoms with van der Waals surface area (Å²) in [6.45, 7) is 1.80. The molecule has 1 heterocycles. The molecule has 0 aliphatic rings. The fourth-order valence-electron chi connectivity index (χ4n) is 3.50. The fraction of sp³-hybridized carbons (Fsp3) is 0.0870. The number of carbonyl (C=O) groups excluding carboxylic acids is 1. The molecule has 7 nitrogen and oxygen atoms in total. The molecule has 3 aromatic carbocycles. The van der Waals surface area contributed by atoms with Gasteiger partial charge in [0.2, 0.25) is 10.0 Å². The minimum atomic E-state index is -4.27. The molecule has 0 aliphatic heterocycles. The molecule has 0 aliphatic carbocycles. The minimum absolute atomic E-state index is 0.194. The lowest BCUT2D eigenvalue weighted by atomic mass is 10.0. The number of Topliss-reactive ketones (excluding diaryl/α,β-unsaturated/α-hetero) is 1. The van der Waals surface area contributed by atoms with Gasteiger partial charge in [-0.2, -0.15) is 0 Å². The molecule has 4 rings (SSSR count). The second-order valence-electron chi connectivity index (χ2n) is 7.35. The summed E-state index contributed by atoms with van der Waals surface area (Å²) < 4.78 is 55.0. The van der Waals surface area contributed by atoms with E-state index in [1.54, 1.807) is 19.1 Å². The van der Waals surface area contributed by atoms with E-state index < -0.39 is 41.2 Å². The zero-order valence-electron chi connectivity index (χ0n) is 17.0. The van der Waals surface area contributed by atoms with Gasteiger partial charge in [0, 0.05) is 16.5 Å². The highest BCUT2D eigenvalue weighted by atomic mass is 32.2. The second kappa shape index (κ2) is 8.01. The Balaban J connectivity index is 1.64. The van der Waals surface area contributed by atoms with Crippen LogP contribution in [0.1, 0.15) is 15.9 Å². The van der Waals surface area contributed by atoms with Crippen molar-refractivity contribution in [3.05, 3.63) is 83.9 Å². The molecule has 1 aromatic heterocycles. The Morgan fingerprint density at radius 3 is 2.19 bits per heavy atom. The molecule has 0 radical (unpaired) electrons. The maximum atomic E-state index is 12.8. The first-order valence-corrected chi connectivity index (χ1v) is 12.7. The van der Waals surface area contributed by atoms with Crippen LogP contribution in [0, 0.1) is 6.92 Å². The SMILES string of the molecule is Cc1cc(C(=O)CS(=O)(=O)c2ccccc2S(N)(=O)=O)ccc1-c1cc2ccccc2o1. The van der Waals surface area contributed by atoms with Crippen molar-refractivity contribution >= 4 is 36.6 Å². The van der Waals surface area contributed by atoms with Gasteiger partial charge in [0.05, 0.1) is 4.90 Å². The molecule has 32 heavy (non-hydrogen) atoms. The Morgan fingerprint density at radius 1 is 0.875 bits per heavy atom. The Morgan fingerprint density at radius 2 is 1.53 bits per heavy atom. The van der Waals surface area contributed by atoms with Crippen molar-refractivity contribution in [3.63, 3.8) is 0 Å². The predicted molar refractivity (Wildman–Crippen MR) is 121 cm³/mol. The zero-order valence-corrected chi connectivity index (χ0v) is 18.6. The van der Waals surface area contributed by atoms with Gasteiger partial charge >= 0.3 is 0 Å². The van der Waals surface area contributed by atoms with E-state index in [0.29, 0.717) is 5.76 Å². The number of para-hydroxylation sites is 1. The first kappa shape index (κ1) is 21.9. The van der Waals surface area contributed by atoms with Crippen molar-refractivity contribution < 1.29 is 26.0 Å². The van der Waals surface area contributed by atoms with Gasteiger partial charge in [-0.05, 0) is 42.8 Å². The summed E-state index contributed by atoms with van der Waals surface area (Å²) in [7, 11) is -8.51. The van der Waals surface area contributed by atoms with Crippen LogP contribution in [0.2, 0.25) is 0 Å². The van der Waals surface area contributed by atoms with Crippen molar-refractivity contribution in [1.29, 1.82) is 0 Å². The Bertz CT molecular complexity index is 1530. The number of fused-ring (bicyclic) bond motifs is 1. The largest absolute Gasteiger partial charge is 0.456 e. The number of furan rings is 1. The van der Waals surface area contributed by atoms with Gasteiger partial charge in [-0.25, -0.2) is 22.0 Å². The summed E-state index contributed by atoms with van der Waals surface area (Å²) in [5.74, 6) is -0.908. The van der Waals surface area contributed by atoms with Crippen molar-refractivity contribution in [2.45, 2.75) is 16.7 Å². The molecule has 0 spiro atoms. The molecule has 0 bridgehead atoms. The molecule has 2 N–H and O–H groups in total. The number of sulfone groups is 1. The normalized spacial score (nSPS) is 12.2. The summed E-state index contributed by atoms with van der Waals surface area (Å²) in [6.07, 6.45) is 0. The van der Waals surface area contributed by atoms with Crippen LogP contribution in [0.15, 0.2) is 87.0 Å². The lowest BCUT2D eigenvalue weighted by molar-refractivity contribution is 0.102. The highest BCUT2D eigenvalue weighted by Gasteiger charge is 2.27. The maximum absolute atomic E-state index is 12.8. The third kappa shape index (κ3) is 4.22. The predicted octanol–water partition coefficient (Wildman–Crippen LogP) is 3.71. The number of nitrogens with two attached hydrogens (primary N) is 1. The topological polar surface area (TPSA) is 125 Å². The van der Waals surface area contributed by atoms with Crippen molar-refractivity contribution in [2.75, 3.05) is 5.75 Å². The number of hydrogen-bond donors (Lipinski definition) is 1. The quantitative estimate of drug-likeness (QED) is 0.429. The van der Waals surface area contributed by atoms with Gasteiger partial charge < -0.3 is 4.42 Å². The first-order valence-electron chi connectivity index (χ1n) is 9.54. The summed E-state index contributed by atoms with van der Waals surface area (Å²) in [5, 5.41) is 6.08. The zero-order chi connectivity index (χ0) is 23.1. The third-order valence-corrected chi connectivity index (χ3v) is 7.82. The van der Waals surface area contributed by atoms with Crippen LogP contribution in [-0.4, -0.2) is 28.4 Å². The lowest BCUT2D eigenvalue weighted by Crippen LogP contribution is -2.21. The van der Waals surface area contributed by atoms with Crippen LogP contribution < -0.4 is 5.14 Å². The number of carbonyl (C=O) groups is 1. The molecule has 0 fully saturated rings. The number of aryl methyl sites for hydroxylation is 1. The number of ketones is 1. The van der Waals surface area contributed by atoms with E-state index >= 15 is 0 Å². The molecular weight excluding hydrogens is 450 g/mol. The second-order valence-corrected chi connectivity index (χ2v) is 10.8. The Hall–Kier alpha value is -3.27. The number of rotatable bonds is 6. The molecule has 0 unspecified atom stereocenters. The van der Waals surface area contributed by atoms with Crippen molar-refractivity contribution in [2.24, 2.45) is 5.14 Å². The van der Waals surface area contributed by atoms with Crippen LogP contribution in [0.4, 0.5) is 0 Å². The van der Waals surface area contributed by atoms with E-state index in [-0.39, 0.29) is 5.56 Å². The van der Waals surface area contributed by atoms with E-state index in [1.807, 2.05) is 30.3 Å². The summed E-state index contributed by atoms with van der Waals surface area (Å²) >= 11 is 0. The lowest BCUT2D eigenvalue weighted by Gasteiger charge is -2.10. The van der Waals surface area contributed by atoms with E-state index in [0.717, 1.165) is 34.2 Å². The highest BCUT2D eigenvalue weighted by Crippen LogP contribution is 2.30. The standard InChI is InChI=1S/C23H19NO6S2/c1-15-12-16(10-11-18(15)21-13-17-6-2-3-7-20(17)30-21)19(25)14-31(26,27)22-8-4-5-9-23(22)32(24,28)29/h2-13H,14H2,1H3,(H2,24,28,29). The van der Waals surface area contributed by atoms with Crippen LogP contribution in [0.5, 0.6) is 0 Å². The molecule has 4 aromatic rings. The summed E-state index contributed by atoms with van der Waals surface area (Å²) in [6, 6.07) is 19.2. The third-order valence-electron chi connectivity index (χ3n) is 5.05. The number of sulfonamides is 1. The van der Waals surface area contributed by atoms with Crippen molar-refractivity contribution in [1.82, 2.24) is 0 Å². The van der Waals surface area contributed by atoms with Gasteiger partial charge in [-0.15, -0.1) is 0 Å². The number of primary sulfonamides is 1. The molecule has 0 saturated heterocycles. The minimum Gasteiger partial charge on any atom is -0.456 e. The average Bonchev–Trinajstić information content (AvgIpc) is 3.16. The van der Waals surface area contributed by atoms with E-state index in [1.165, 1.54) is 18.2 Å². The maximum Gasteiger partial charge on any atom is 0.239 e. The van der Waals surface area contributed by atoms with E-state index in [9.17, 15) is 21.6 Å². The molecule has 0 atom stereocenters. The number of benzene rings is 3. The molecule has 9 heteroatoms. The van der Waals surface area contributed by atoms with E-state index in [4.69, 9.17) is 9.56 Å². The Kier molecular flexibility index (Phi) is 5.49. The smallest absolute Gasteiger partial charge is 0.239 e. The van der Waals surface area contributed by atoms with Crippen LogP contribution in [0.3, 0.4) is 0 Å².